The fourth-order valence-electron chi connectivity index (χ4n) is 1.88. The van der Waals surface area contributed by atoms with Crippen LogP contribution >= 0.6 is 11.6 Å². The molecule has 1 aromatic carbocycles. The predicted octanol–water partition coefficient (Wildman–Crippen LogP) is 3.24. The molecular formula is C14H17ClFN3O. The van der Waals surface area contributed by atoms with Crippen molar-refractivity contribution in [3.63, 3.8) is 0 Å². The van der Waals surface area contributed by atoms with Crippen molar-refractivity contribution >= 4 is 17.5 Å². The Balaban J connectivity index is 2.04. The van der Waals surface area contributed by atoms with Gasteiger partial charge in [0.05, 0.1) is 17.3 Å². The van der Waals surface area contributed by atoms with Gasteiger partial charge in [0.1, 0.15) is 5.82 Å². The van der Waals surface area contributed by atoms with E-state index in [9.17, 15) is 4.39 Å². The van der Waals surface area contributed by atoms with Gasteiger partial charge in [0.2, 0.25) is 5.95 Å². The molecule has 2 aromatic rings. The number of hydrogen-bond acceptors (Lipinski definition) is 3. The van der Waals surface area contributed by atoms with Crippen LogP contribution in [0.25, 0.3) is 0 Å². The minimum absolute atomic E-state index is 0.128. The number of aromatic nitrogens is 2. The molecule has 2 rings (SSSR count). The van der Waals surface area contributed by atoms with Crippen LogP contribution in [0, 0.1) is 12.7 Å². The number of halogens is 2. The van der Waals surface area contributed by atoms with Gasteiger partial charge in [-0.05, 0) is 24.6 Å². The first-order valence-electron chi connectivity index (χ1n) is 6.30. The first-order valence-corrected chi connectivity index (χ1v) is 6.68. The fraction of sp³-hybridized carbons (Fsp3) is 0.357. The van der Waals surface area contributed by atoms with Crippen LogP contribution in [0.2, 0.25) is 5.02 Å². The van der Waals surface area contributed by atoms with Crippen molar-refractivity contribution in [2.24, 2.45) is 0 Å². The van der Waals surface area contributed by atoms with Gasteiger partial charge >= 0.3 is 0 Å². The van der Waals surface area contributed by atoms with E-state index < -0.39 is 5.82 Å². The van der Waals surface area contributed by atoms with Crippen LogP contribution in [-0.4, -0.2) is 23.3 Å². The maximum Gasteiger partial charge on any atom is 0.203 e. The predicted molar refractivity (Wildman–Crippen MR) is 77.6 cm³/mol. The van der Waals surface area contributed by atoms with E-state index in [-0.39, 0.29) is 5.02 Å². The summed E-state index contributed by atoms with van der Waals surface area (Å²) in [6.45, 7) is 3.81. The Morgan fingerprint density at radius 3 is 2.95 bits per heavy atom. The molecule has 0 amide bonds. The summed E-state index contributed by atoms with van der Waals surface area (Å²) in [6, 6.07) is 4.67. The summed E-state index contributed by atoms with van der Waals surface area (Å²) in [6.07, 6.45) is 1.96. The van der Waals surface area contributed by atoms with Crippen molar-refractivity contribution in [1.82, 2.24) is 9.55 Å². The van der Waals surface area contributed by atoms with E-state index in [1.165, 1.54) is 6.07 Å². The molecule has 6 heteroatoms. The third kappa shape index (κ3) is 3.71. The van der Waals surface area contributed by atoms with E-state index in [1.807, 2.05) is 17.7 Å². The monoisotopic (exact) mass is 297 g/mol. The van der Waals surface area contributed by atoms with Gasteiger partial charge in [0.15, 0.2) is 0 Å². The summed E-state index contributed by atoms with van der Waals surface area (Å²) in [5.41, 5.74) is 1.83. The van der Waals surface area contributed by atoms with Crippen molar-refractivity contribution in [3.8, 4) is 0 Å². The third-order valence-corrected chi connectivity index (χ3v) is 3.16. The summed E-state index contributed by atoms with van der Waals surface area (Å²) < 4.78 is 20.1. The van der Waals surface area contributed by atoms with Gasteiger partial charge in [0.25, 0.3) is 0 Å². The average molecular weight is 298 g/mol. The van der Waals surface area contributed by atoms with E-state index in [2.05, 4.69) is 10.3 Å². The number of hydrogen-bond donors (Lipinski definition) is 1. The number of aryl methyl sites for hydroxylation is 1. The second-order valence-corrected chi connectivity index (χ2v) is 4.90. The summed E-state index contributed by atoms with van der Waals surface area (Å²) in [5, 5.41) is 3.35. The number of anilines is 1. The molecule has 0 saturated carbocycles. The van der Waals surface area contributed by atoms with Crippen LogP contribution < -0.4 is 5.32 Å². The summed E-state index contributed by atoms with van der Waals surface area (Å²) >= 11 is 5.76. The number of benzene rings is 1. The Bertz CT molecular complexity index is 586. The molecule has 0 radical (unpaired) electrons. The van der Waals surface area contributed by atoms with Gasteiger partial charge in [-0.25, -0.2) is 9.37 Å². The molecular weight excluding hydrogens is 281 g/mol. The lowest BCUT2D eigenvalue weighted by Gasteiger charge is -2.09. The SMILES string of the molecule is COCCn1cc(C)nc1NCc1ccc(F)c(Cl)c1. The number of ether oxygens (including phenoxy) is 1. The van der Waals surface area contributed by atoms with Gasteiger partial charge in [-0.15, -0.1) is 0 Å². The molecule has 0 aliphatic rings. The maximum atomic E-state index is 13.1. The van der Waals surface area contributed by atoms with E-state index in [0.29, 0.717) is 13.2 Å². The van der Waals surface area contributed by atoms with Crippen molar-refractivity contribution in [2.45, 2.75) is 20.0 Å². The van der Waals surface area contributed by atoms with Crippen LogP contribution in [-0.2, 0) is 17.8 Å². The van der Waals surface area contributed by atoms with Crippen LogP contribution in [0.15, 0.2) is 24.4 Å². The normalized spacial score (nSPS) is 10.8. The Labute approximate surface area is 122 Å². The van der Waals surface area contributed by atoms with Crippen molar-refractivity contribution in [3.05, 3.63) is 46.5 Å². The summed E-state index contributed by atoms with van der Waals surface area (Å²) in [7, 11) is 1.66. The van der Waals surface area contributed by atoms with Gasteiger partial charge in [-0.3, -0.25) is 0 Å². The molecule has 1 aromatic heterocycles. The lowest BCUT2D eigenvalue weighted by atomic mass is 10.2. The number of methoxy groups -OCH3 is 1. The lowest BCUT2D eigenvalue weighted by molar-refractivity contribution is 0.187. The molecule has 1 heterocycles. The van der Waals surface area contributed by atoms with Gasteiger partial charge in [-0.1, -0.05) is 17.7 Å². The Morgan fingerprint density at radius 1 is 1.45 bits per heavy atom. The van der Waals surface area contributed by atoms with Gasteiger partial charge in [-0.2, -0.15) is 0 Å². The molecule has 0 fully saturated rings. The van der Waals surface area contributed by atoms with Crippen LogP contribution in [0.1, 0.15) is 11.3 Å². The second-order valence-electron chi connectivity index (χ2n) is 4.49. The molecule has 108 valence electrons. The number of imidazole rings is 1. The quantitative estimate of drug-likeness (QED) is 0.889. The standard InChI is InChI=1S/C14H17ClFN3O/c1-10-9-19(5-6-20-2)14(18-10)17-8-11-3-4-13(16)12(15)7-11/h3-4,7,9H,5-6,8H2,1-2H3,(H,17,18). The molecule has 0 aliphatic carbocycles. The average Bonchev–Trinajstić information content (AvgIpc) is 2.78. The molecule has 4 nitrogen and oxygen atoms in total. The highest BCUT2D eigenvalue weighted by Crippen LogP contribution is 2.17. The molecule has 0 spiro atoms. The van der Waals surface area contributed by atoms with Crippen LogP contribution in [0.4, 0.5) is 10.3 Å². The third-order valence-electron chi connectivity index (χ3n) is 2.87. The zero-order valence-corrected chi connectivity index (χ0v) is 12.2. The molecule has 20 heavy (non-hydrogen) atoms. The second kappa shape index (κ2) is 6.72. The first kappa shape index (κ1) is 14.8. The van der Waals surface area contributed by atoms with E-state index >= 15 is 0 Å². The zero-order chi connectivity index (χ0) is 14.5. The molecule has 0 aliphatic heterocycles. The summed E-state index contributed by atoms with van der Waals surface area (Å²) in [5.74, 6) is 0.354. The Hall–Kier alpha value is -1.59. The topological polar surface area (TPSA) is 39.1 Å². The van der Waals surface area contributed by atoms with Crippen molar-refractivity contribution in [2.75, 3.05) is 19.0 Å². The van der Waals surface area contributed by atoms with Crippen LogP contribution in [0.5, 0.6) is 0 Å². The largest absolute Gasteiger partial charge is 0.383 e. The molecule has 0 unspecified atom stereocenters. The zero-order valence-electron chi connectivity index (χ0n) is 11.5. The number of rotatable bonds is 6. The van der Waals surface area contributed by atoms with Crippen molar-refractivity contribution < 1.29 is 9.13 Å². The summed E-state index contributed by atoms with van der Waals surface area (Å²) in [4.78, 5) is 4.41. The minimum Gasteiger partial charge on any atom is -0.383 e. The molecule has 0 atom stereocenters. The Morgan fingerprint density at radius 2 is 2.25 bits per heavy atom. The molecule has 0 saturated heterocycles. The van der Waals surface area contributed by atoms with E-state index in [1.54, 1.807) is 19.2 Å². The maximum absolute atomic E-state index is 13.1. The lowest BCUT2D eigenvalue weighted by Crippen LogP contribution is -2.10. The highest BCUT2D eigenvalue weighted by atomic mass is 35.5. The van der Waals surface area contributed by atoms with E-state index in [0.717, 1.165) is 23.8 Å². The molecule has 1 N–H and O–H groups in total. The van der Waals surface area contributed by atoms with Crippen LogP contribution in [0.3, 0.4) is 0 Å². The number of nitrogens with zero attached hydrogens (tertiary/aromatic N) is 2. The minimum atomic E-state index is -0.409. The van der Waals surface area contributed by atoms with E-state index in [4.69, 9.17) is 16.3 Å². The molecule has 0 bridgehead atoms. The highest BCUT2D eigenvalue weighted by molar-refractivity contribution is 6.30. The Kier molecular flexibility index (Phi) is 4.98. The van der Waals surface area contributed by atoms with Crippen molar-refractivity contribution in [1.29, 1.82) is 0 Å². The smallest absolute Gasteiger partial charge is 0.203 e. The van der Waals surface area contributed by atoms with Gasteiger partial charge in [0, 0.05) is 26.4 Å². The van der Waals surface area contributed by atoms with Gasteiger partial charge < -0.3 is 14.6 Å². The fourth-order valence-corrected chi connectivity index (χ4v) is 2.08. The number of nitrogens with one attached hydrogen (secondary N) is 1. The first-order chi connectivity index (χ1) is 9.60. The highest BCUT2D eigenvalue weighted by Gasteiger charge is 2.06.